The Morgan fingerprint density at radius 1 is 1.07 bits per heavy atom. The predicted molar refractivity (Wildman–Crippen MR) is 104 cm³/mol. The molecule has 0 N–H and O–H groups in total. The summed E-state index contributed by atoms with van der Waals surface area (Å²) in [7, 11) is 0. The second-order valence-corrected chi connectivity index (χ2v) is 7.31. The number of aromatic nitrogens is 2. The van der Waals surface area contributed by atoms with Crippen molar-refractivity contribution in [3.8, 4) is 11.5 Å². The van der Waals surface area contributed by atoms with E-state index in [1.807, 2.05) is 35.2 Å². The van der Waals surface area contributed by atoms with Crippen molar-refractivity contribution in [2.24, 2.45) is 0 Å². The van der Waals surface area contributed by atoms with E-state index < -0.39 is 0 Å². The standard InChI is InChI=1S/C20H27N5O3/c1-16(19-21-20(28-22-19)17-5-3-2-4-6-17)24-7-9-25(10-8-24)18(26)15-23-11-13-27-14-12-23/h2-6,16H,7-15H2,1H3. The number of morpholine rings is 1. The third kappa shape index (κ3) is 4.40. The number of piperazine rings is 1. The molecule has 28 heavy (non-hydrogen) atoms. The molecule has 0 saturated carbocycles. The summed E-state index contributed by atoms with van der Waals surface area (Å²) in [4.78, 5) is 23.6. The monoisotopic (exact) mass is 385 g/mol. The molecule has 8 heteroatoms. The van der Waals surface area contributed by atoms with Crippen molar-refractivity contribution in [1.82, 2.24) is 24.8 Å². The van der Waals surface area contributed by atoms with Crippen molar-refractivity contribution in [1.29, 1.82) is 0 Å². The molecular formula is C20H27N5O3. The highest BCUT2D eigenvalue weighted by molar-refractivity contribution is 5.78. The van der Waals surface area contributed by atoms with Crippen molar-refractivity contribution in [2.45, 2.75) is 13.0 Å². The highest BCUT2D eigenvalue weighted by Gasteiger charge is 2.28. The normalized spacial score (nSPS) is 20.2. The Balaban J connectivity index is 1.30. The molecule has 1 atom stereocenters. The van der Waals surface area contributed by atoms with Crippen LogP contribution in [0.2, 0.25) is 0 Å². The van der Waals surface area contributed by atoms with Crippen molar-refractivity contribution in [3.63, 3.8) is 0 Å². The first-order valence-corrected chi connectivity index (χ1v) is 9.91. The van der Waals surface area contributed by atoms with Crippen molar-refractivity contribution in [2.75, 3.05) is 59.0 Å². The summed E-state index contributed by atoms with van der Waals surface area (Å²) >= 11 is 0. The van der Waals surface area contributed by atoms with Crippen LogP contribution >= 0.6 is 0 Å². The maximum atomic E-state index is 12.6. The maximum Gasteiger partial charge on any atom is 0.257 e. The van der Waals surface area contributed by atoms with Gasteiger partial charge in [0.15, 0.2) is 5.82 Å². The van der Waals surface area contributed by atoms with Crippen LogP contribution in [0.25, 0.3) is 11.5 Å². The first-order valence-electron chi connectivity index (χ1n) is 9.91. The van der Waals surface area contributed by atoms with Crippen LogP contribution in [-0.2, 0) is 9.53 Å². The zero-order valence-corrected chi connectivity index (χ0v) is 16.3. The third-order valence-electron chi connectivity index (χ3n) is 5.51. The zero-order chi connectivity index (χ0) is 19.3. The molecular weight excluding hydrogens is 358 g/mol. The van der Waals surface area contributed by atoms with Crippen LogP contribution in [0, 0.1) is 0 Å². The number of ether oxygens (including phenoxy) is 1. The van der Waals surface area contributed by atoms with E-state index in [-0.39, 0.29) is 11.9 Å². The summed E-state index contributed by atoms with van der Waals surface area (Å²) in [6.45, 7) is 8.77. The quantitative estimate of drug-likeness (QED) is 0.767. The average molecular weight is 385 g/mol. The fraction of sp³-hybridized carbons (Fsp3) is 0.550. The molecule has 2 fully saturated rings. The smallest absolute Gasteiger partial charge is 0.257 e. The van der Waals surface area contributed by atoms with Crippen LogP contribution in [-0.4, -0.2) is 89.8 Å². The highest BCUT2D eigenvalue weighted by atomic mass is 16.5. The number of hydrogen-bond donors (Lipinski definition) is 0. The molecule has 1 amide bonds. The summed E-state index contributed by atoms with van der Waals surface area (Å²) in [6.07, 6.45) is 0. The predicted octanol–water partition coefficient (Wildman–Crippen LogP) is 1.27. The van der Waals surface area contributed by atoms with Crippen LogP contribution in [0.4, 0.5) is 0 Å². The van der Waals surface area contributed by atoms with Gasteiger partial charge in [-0.05, 0) is 19.1 Å². The van der Waals surface area contributed by atoms with Gasteiger partial charge in [-0.1, -0.05) is 23.4 Å². The van der Waals surface area contributed by atoms with Crippen LogP contribution in [0.5, 0.6) is 0 Å². The van der Waals surface area contributed by atoms with E-state index >= 15 is 0 Å². The Labute approximate surface area is 165 Å². The van der Waals surface area contributed by atoms with Crippen molar-refractivity contribution < 1.29 is 14.1 Å². The van der Waals surface area contributed by atoms with Gasteiger partial charge >= 0.3 is 0 Å². The number of hydrogen-bond acceptors (Lipinski definition) is 7. The van der Waals surface area contributed by atoms with E-state index in [2.05, 4.69) is 26.9 Å². The minimum absolute atomic E-state index is 0.0534. The zero-order valence-electron chi connectivity index (χ0n) is 16.3. The largest absolute Gasteiger partial charge is 0.379 e. The highest BCUT2D eigenvalue weighted by Crippen LogP contribution is 2.23. The SMILES string of the molecule is CC(c1noc(-c2ccccc2)n1)N1CCN(C(=O)CN2CCOCC2)CC1. The Morgan fingerprint density at radius 2 is 1.79 bits per heavy atom. The van der Waals surface area contributed by atoms with E-state index in [9.17, 15) is 4.79 Å². The number of amides is 1. The molecule has 0 radical (unpaired) electrons. The van der Waals surface area contributed by atoms with Gasteiger partial charge in [0.2, 0.25) is 5.91 Å². The lowest BCUT2D eigenvalue weighted by atomic mass is 10.2. The lowest BCUT2D eigenvalue weighted by Gasteiger charge is -2.38. The van der Waals surface area contributed by atoms with E-state index in [0.29, 0.717) is 31.5 Å². The van der Waals surface area contributed by atoms with Gasteiger partial charge < -0.3 is 14.2 Å². The topological polar surface area (TPSA) is 74.9 Å². The lowest BCUT2D eigenvalue weighted by Crippen LogP contribution is -2.52. The molecule has 0 aliphatic carbocycles. The molecule has 3 heterocycles. The summed E-state index contributed by atoms with van der Waals surface area (Å²) < 4.78 is 10.8. The van der Waals surface area contributed by atoms with E-state index in [0.717, 1.165) is 44.8 Å². The van der Waals surface area contributed by atoms with Crippen LogP contribution in [0.1, 0.15) is 18.8 Å². The first-order chi connectivity index (χ1) is 13.7. The number of benzene rings is 1. The molecule has 2 aliphatic heterocycles. The molecule has 150 valence electrons. The third-order valence-corrected chi connectivity index (χ3v) is 5.51. The second kappa shape index (κ2) is 8.81. The molecule has 0 spiro atoms. The van der Waals surface area contributed by atoms with E-state index in [1.165, 1.54) is 0 Å². The van der Waals surface area contributed by atoms with E-state index in [4.69, 9.17) is 9.26 Å². The summed E-state index contributed by atoms with van der Waals surface area (Å²) in [6, 6.07) is 9.84. The van der Waals surface area contributed by atoms with Gasteiger partial charge in [-0.3, -0.25) is 14.6 Å². The minimum atomic E-state index is 0.0534. The van der Waals surface area contributed by atoms with Crippen LogP contribution in [0.15, 0.2) is 34.9 Å². The van der Waals surface area contributed by atoms with Gasteiger partial charge in [0.05, 0.1) is 25.8 Å². The fourth-order valence-electron chi connectivity index (χ4n) is 3.68. The van der Waals surface area contributed by atoms with Crippen molar-refractivity contribution in [3.05, 3.63) is 36.2 Å². The Hall–Kier alpha value is -2.29. The number of carbonyl (C=O) groups excluding carboxylic acids is 1. The second-order valence-electron chi connectivity index (χ2n) is 7.31. The molecule has 1 unspecified atom stereocenters. The Morgan fingerprint density at radius 3 is 2.50 bits per heavy atom. The van der Waals surface area contributed by atoms with Gasteiger partial charge in [-0.2, -0.15) is 4.98 Å². The number of nitrogens with zero attached hydrogens (tertiary/aromatic N) is 5. The molecule has 2 aliphatic rings. The first kappa shape index (κ1) is 19.0. The Bertz CT molecular complexity index is 767. The number of rotatable bonds is 5. The molecule has 1 aromatic heterocycles. The summed E-state index contributed by atoms with van der Waals surface area (Å²) in [5, 5.41) is 4.17. The van der Waals surface area contributed by atoms with Crippen LogP contribution < -0.4 is 0 Å². The fourth-order valence-corrected chi connectivity index (χ4v) is 3.68. The van der Waals surface area contributed by atoms with Crippen molar-refractivity contribution >= 4 is 5.91 Å². The van der Waals surface area contributed by atoms with Gasteiger partial charge in [-0.15, -0.1) is 0 Å². The average Bonchev–Trinajstić information content (AvgIpc) is 3.25. The maximum absolute atomic E-state index is 12.6. The lowest BCUT2D eigenvalue weighted by molar-refractivity contribution is -0.135. The molecule has 2 aromatic rings. The molecule has 4 rings (SSSR count). The van der Waals surface area contributed by atoms with Gasteiger partial charge in [0, 0.05) is 44.8 Å². The van der Waals surface area contributed by atoms with Gasteiger partial charge in [-0.25, -0.2) is 0 Å². The number of carbonyl (C=O) groups is 1. The molecule has 2 saturated heterocycles. The summed E-state index contributed by atoms with van der Waals surface area (Å²) in [5.74, 6) is 1.44. The van der Waals surface area contributed by atoms with E-state index in [1.54, 1.807) is 0 Å². The van der Waals surface area contributed by atoms with Gasteiger partial charge in [0.1, 0.15) is 0 Å². The molecule has 1 aromatic carbocycles. The molecule has 8 nitrogen and oxygen atoms in total. The van der Waals surface area contributed by atoms with Gasteiger partial charge in [0.25, 0.3) is 5.89 Å². The Kier molecular flexibility index (Phi) is 5.99. The molecule has 0 bridgehead atoms. The summed E-state index contributed by atoms with van der Waals surface area (Å²) in [5.41, 5.74) is 0.923. The van der Waals surface area contributed by atoms with Crippen LogP contribution in [0.3, 0.4) is 0 Å². The minimum Gasteiger partial charge on any atom is -0.379 e.